The van der Waals surface area contributed by atoms with Gasteiger partial charge in [-0.1, -0.05) is 37.5 Å². The zero-order chi connectivity index (χ0) is 18.9. The van der Waals surface area contributed by atoms with Crippen LogP contribution in [0.4, 0.5) is 0 Å². The van der Waals surface area contributed by atoms with Crippen molar-refractivity contribution in [3.8, 4) is 5.75 Å². The fourth-order valence-corrected chi connectivity index (χ4v) is 3.31. The van der Waals surface area contributed by atoms with Crippen LogP contribution in [-0.2, 0) is 9.59 Å². The maximum Gasteiger partial charge on any atom is 0.260 e. The molecule has 0 unspecified atom stereocenters. The van der Waals surface area contributed by atoms with Gasteiger partial charge in [0.1, 0.15) is 5.75 Å². The molecule has 144 valence electrons. The van der Waals surface area contributed by atoms with E-state index in [0.29, 0.717) is 13.1 Å². The van der Waals surface area contributed by atoms with Crippen LogP contribution in [-0.4, -0.2) is 43.0 Å². The topological polar surface area (TPSA) is 58.6 Å². The van der Waals surface area contributed by atoms with Gasteiger partial charge in [0.2, 0.25) is 5.91 Å². The van der Waals surface area contributed by atoms with Crippen LogP contribution in [0.1, 0.15) is 50.2 Å². The monoisotopic (exact) mass is 360 g/mol. The fourth-order valence-electron chi connectivity index (χ4n) is 3.31. The van der Waals surface area contributed by atoms with Crippen molar-refractivity contribution >= 4 is 11.8 Å². The Labute approximate surface area is 157 Å². The van der Waals surface area contributed by atoms with E-state index in [1.165, 1.54) is 5.56 Å². The van der Waals surface area contributed by atoms with Crippen LogP contribution >= 0.6 is 0 Å². The first kappa shape index (κ1) is 20.3. The van der Waals surface area contributed by atoms with Crippen molar-refractivity contribution < 1.29 is 14.3 Å². The molecule has 5 nitrogen and oxygen atoms in total. The third kappa shape index (κ3) is 6.04. The Bertz CT molecular complexity index is 607. The predicted molar refractivity (Wildman–Crippen MR) is 103 cm³/mol. The Morgan fingerprint density at radius 1 is 1.19 bits per heavy atom. The Balaban J connectivity index is 1.71. The smallest absolute Gasteiger partial charge is 0.260 e. The quantitative estimate of drug-likeness (QED) is 0.724. The van der Waals surface area contributed by atoms with Gasteiger partial charge >= 0.3 is 0 Å². The van der Waals surface area contributed by atoms with Crippen molar-refractivity contribution in [1.29, 1.82) is 0 Å². The number of amides is 2. The van der Waals surface area contributed by atoms with Crippen molar-refractivity contribution in [3.63, 3.8) is 0 Å². The number of carbonyl (C=O) groups excluding carboxylic acids is 2. The second-order valence-corrected chi connectivity index (χ2v) is 7.21. The minimum atomic E-state index is -0.00761. The van der Waals surface area contributed by atoms with Crippen LogP contribution in [0.25, 0.3) is 0 Å². The number of aryl methyl sites for hydroxylation is 2. The van der Waals surface area contributed by atoms with E-state index in [-0.39, 0.29) is 24.3 Å². The molecule has 1 fully saturated rings. The summed E-state index contributed by atoms with van der Waals surface area (Å²) < 4.78 is 5.69. The first-order chi connectivity index (χ1) is 12.5. The number of ether oxygens (including phenoxy) is 1. The zero-order valence-corrected chi connectivity index (χ0v) is 16.3. The summed E-state index contributed by atoms with van der Waals surface area (Å²) in [5.41, 5.74) is 2.22. The molecule has 1 aliphatic heterocycles. The van der Waals surface area contributed by atoms with E-state index in [0.717, 1.165) is 50.0 Å². The van der Waals surface area contributed by atoms with Gasteiger partial charge in [-0.25, -0.2) is 0 Å². The largest absolute Gasteiger partial charge is 0.484 e. The van der Waals surface area contributed by atoms with Gasteiger partial charge in [0.25, 0.3) is 5.91 Å². The lowest BCUT2D eigenvalue weighted by Gasteiger charge is -2.31. The molecule has 0 saturated carbocycles. The van der Waals surface area contributed by atoms with Gasteiger partial charge in [-0.3, -0.25) is 9.59 Å². The van der Waals surface area contributed by atoms with E-state index >= 15 is 0 Å². The van der Waals surface area contributed by atoms with Gasteiger partial charge in [0.15, 0.2) is 6.61 Å². The summed E-state index contributed by atoms with van der Waals surface area (Å²) in [6, 6.07) is 5.94. The molecule has 0 radical (unpaired) electrons. The summed E-state index contributed by atoms with van der Waals surface area (Å²) in [5.74, 6) is 0.915. The molecule has 1 heterocycles. The average molecular weight is 360 g/mol. The molecule has 1 aromatic rings. The van der Waals surface area contributed by atoms with Crippen LogP contribution in [0.2, 0.25) is 0 Å². The summed E-state index contributed by atoms with van der Waals surface area (Å²) in [7, 11) is 0. The summed E-state index contributed by atoms with van der Waals surface area (Å²) >= 11 is 0. The number of hydrogen-bond acceptors (Lipinski definition) is 3. The third-order valence-electron chi connectivity index (χ3n) is 4.98. The molecule has 26 heavy (non-hydrogen) atoms. The van der Waals surface area contributed by atoms with Gasteiger partial charge in [0, 0.05) is 25.6 Å². The van der Waals surface area contributed by atoms with E-state index in [2.05, 4.69) is 12.2 Å². The van der Waals surface area contributed by atoms with E-state index in [1.807, 2.05) is 36.9 Å². The normalized spacial score (nSPS) is 15.0. The van der Waals surface area contributed by atoms with Gasteiger partial charge in [0.05, 0.1) is 0 Å². The highest BCUT2D eigenvalue weighted by molar-refractivity contribution is 5.80. The van der Waals surface area contributed by atoms with Crippen LogP contribution < -0.4 is 10.1 Å². The number of hydrogen-bond donors (Lipinski definition) is 1. The van der Waals surface area contributed by atoms with Crippen LogP contribution in [0.3, 0.4) is 0 Å². The lowest BCUT2D eigenvalue weighted by atomic mass is 9.96. The van der Waals surface area contributed by atoms with E-state index < -0.39 is 0 Å². The number of nitrogens with zero attached hydrogens (tertiary/aromatic N) is 1. The van der Waals surface area contributed by atoms with E-state index in [1.54, 1.807) is 0 Å². The number of rotatable bonds is 8. The van der Waals surface area contributed by atoms with Crippen LogP contribution in [0.5, 0.6) is 5.75 Å². The zero-order valence-electron chi connectivity index (χ0n) is 16.3. The molecule has 5 heteroatoms. The minimum Gasteiger partial charge on any atom is -0.484 e. The molecule has 0 aromatic heterocycles. The number of benzene rings is 1. The van der Waals surface area contributed by atoms with Crippen LogP contribution in [0.15, 0.2) is 18.2 Å². The molecule has 0 spiro atoms. The van der Waals surface area contributed by atoms with Crippen molar-refractivity contribution in [3.05, 3.63) is 29.3 Å². The highest BCUT2D eigenvalue weighted by Crippen LogP contribution is 2.20. The summed E-state index contributed by atoms with van der Waals surface area (Å²) in [4.78, 5) is 26.4. The van der Waals surface area contributed by atoms with Gasteiger partial charge in [-0.05, 0) is 44.7 Å². The number of likely N-dealkylation sites (tertiary alicyclic amines) is 1. The Morgan fingerprint density at radius 3 is 2.58 bits per heavy atom. The Kier molecular flexibility index (Phi) is 7.95. The second-order valence-electron chi connectivity index (χ2n) is 7.21. The number of nitrogens with one attached hydrogen (secondary N) is 1. The molecule has 1 N–H and O–H groups in total. The third-order valence-corrected chi connectivity index (χ3v) is 4.98. The Morgan fingerprint density at radius 2 is 1.92 bits per heavy atom. The lowest BCUT2D eigenvalue weighted by molar-refractivity contribution is -0.137. The molecular weight excluding hydrogens is 328 g/mol. The maximum atomic E-state index is 12.4. The molecule has 1 aromatic carbocycles. The minimum absolute atomic E-state index is 0.00761. The van der Waals surface area contributed by atoms with Gasteiger partial charge < -0.3 is 15.0 Å². The average Bonchev–Trinajstić information content (AvgIpc) is 2.64. The number of carbonyl (C=O) groups is 2. The first-order valence-corrected chi connectivity index (χ1v) is 9.76. The van der Waals surface area contributed by atoms with Crippen molar-refractivity contribution in [1.82, 2.24) is 10.2 Å². The molecule has 1 aliphatic rings. The Hall–Kier alpha value is -2.04. The molecule has 0 bridgehead atoms. The molecular formula is C21H32N2O3. The highest BCUT2D eigenvalue weighted by Gasteiger charge is 2.27. The number of unbranched alkanes of at least 4 members (excludes halogenated alkanes) is 2. The fraction of sp³-hybridized carbons (Fsp3) is 0.619. The molecule has 2 rings (SSSR count). The standard InChI is InChI=1S/C21H32N2O3/c1-4-5-6-11-22-21(25)18-9-12-23(13-10-18)20(24)15-26-19-8-7-16(2)14-17(19)3/h7-8,14,18H,4-6,9-13,15H2,1-3H3,(H,22,25). The summed E-state index contributed by atoms with van der Waals surface area (Å²) in [5, 5.41) is 3.02. The highest BCUT2D eigenvalue weighted by atomic mass is 16.5. The molecule has 1 saturated heterocycles. The number of piperidine rings is 1. The second kappa shape index (κ2) is 10.2. The van der Waals surface area contributed by atoms with E-state index in [9.17, 15) is 9.59 Å². The van der Waals surface area contributed by atoms with Crippen molar-refractivity contribution in [2.75, 3.05) is 26.2 Å². The first-order valence-electron chi connectivity index (χ1n) is 9.76. The molecule has 0 atom stereocenters. The van der Waals surface area contributed by atoms with Gasteiger partial charge in [-0.15, -0.1) is 0 Å². The predicted octanol–water partition coefficient (Wildman–Crippen LogP) is 3.23. The van der Waals surface area contributed by atoms with Crippen LogP contribution in [0, 0.1) is 19.8 Å². The molecule has 0 aliphatic carbocycles. The van der Waals surface area contributed by atoms with Crippen molar-refractivity contribution in [2.24, 2.45) is 5.92 Å². The maximum absolute atomic E-state index is 12.4. The van der Waals surface area contributed by atoms with E-state index in [4.69, 9.17) is 4.74 Å². The lowest BCUT2D eigenvalue weighted by Crippen LogP contribution is -2.44. The SMILES string of the molecule is CCCCCNC(=O)C1CCN(C(=O)COc2ccc(C)cc2C)CC1. The molecule has 2 amide bonds. The summed E-state index contributed by atoms with van der Waals surface area (Å²) in [6.45, 7) is 8.24. The van der Waals surface area contributed by atoms with Crippen molar-refractivity contribution in [2.45, 2.75) is 52.9 Å². The van der Waals surface area contributed by atoms with Gasteiger partial charge in [-0.2, -0.15) is 0 Å². The summed E-state index contributed by atoms with van der Waals surface area (Å²) in [6.07, 6.45) is 4.80.